The molecule has 0 amide bonds. The van der Waals surface area contributed by atoms with Gasteiger partial charge in [-0.2, -0.15) is 0 Å². The molecule has 1 atom stereocenters. The summed E-state index contributed by atoms with van der Waals surface area (Å²) in [6, 6.07) is 3.59. The minimum absolute atomic E-state index is 0.0308. The van der Waals surface area contributed by atoms with E-state index in [0.29, 0.717) is 12.3 Å². The molecule has 0 saturated carbocycles. The molecule has 2 rings (SSSR count). The van der Waals surface area contributed by atoms with Crippen molar-refractivity contribution in [2.75, 3.05) is 7.11 Å². The average molecular weight is 295 g/mol. The quantitative estimate of drug-likeness (QED) is 0.807. The maximum Gasteiger partial charge on any atom is 0.216 e. The number of rotatable bonds is 4. The Hall–Kier alpha value is -1.56. The molecule has 0 aromatic carbocycles. The fourth-order valence-electron chi connectivity index (χ4n) is 1.35. The number of methoxy groups -OCH3 is 1. The molecule has 2 aromatic heterocycles. The van der Waals surface area contributed by atoms with Crippen LogP contribution >= 0.6 is 15.9 Å². The van der Waals surface area contributed by atoms with E-state index in [1.54, 1.807) is 31.6 Å². The van der Waals surface area contributed by atoms with Crippen molar-refractivity contribution in [1.82, 2.24) is 19.9 Å². The summed E-state index contributed by atoms with van der Waals surface area (Å²) in [4.78, 5) is 16.5. The van der Waals surface area contributed by atoms with Gasteiger partial charge in [0, 0.05) is 30.6 Å². The molecule has 5 nitrogen and oxygen atoms in total. The standard InChI is InChI=1S/C11H11BrN4O/c1-17-10-6-8(15-7-16-10)5-9(12)11-13-3-2-4-14-11/h2-4,6-7,9H,5H2,1H3. The Kier molecular flexibility index (Phi) is 3.98. The summed E-state index contributed by atoms with van der Waals surface area (Å²) < 4.78 is 5.04. The van der Waals surface area contributed by atoms with Crippen LogP contribution in [0.4, 0.5) is 0 Å². The van der Waals surface area contributed by atoms with E-state index in [1.165, 1.54) is 6.33 Å². The van der Waals surface area contributed by atoms with Gasteiger partial charge in [0.2, 0.25) is 5.88 Å². The maximum atomic E-state index is 5.04. The van der Waals surface area contributed by atoms with Gasteiger partial charge >= 0.3 is 0 Å². The van der Waals surface area contributed by atoms with Crippen molar-refractivity contribution in [1.29, 1.82) is 0 Å². The van der Waals surface area contributed by atoms with E-state index >= 15 is 0 Å². The smallest absolute Gasteiger partial charge is 0.216 e. The van der Waals surface area contributed by atoms with E-state index in [2.05, 4.69) is 35.9 Å². The number of hydrogen-bond acceptors (Lipinski definition) is 5. The lowest BCUT2D eigenvalue weighted by Crippen LogP contribution is -2.03. The fraction of sp³-hybridized carbons (Fsp3) is 0.273. The topological polar surface area (TPSA) is 60.8 Å². The molecule has 0 N–H and O–H groups in total. The Morgan fingerprint density at radius 2 is 2.00 bits per heavy atom. The van der Waals surface area contributed by atoms with Crippen molar-refractivity contribution in [2.24, 2.45) is 0 Å². The Balaban J connectivity index is 2.10. The van der Waals surface area contributed by atoms with Crippen LogP contribution < -0.4 is 4.74 Å². The molecular formula is C11H11BrN4O. The van der Waals surface area contributed by atoms with Crippen LogP contribution in [0.2, 0.25) is 0 Å². The highest BCUT2D eigenvalue weighted by Gasteiger charge is 2.12. The first-order chi connectivity index (χ1) is 8.29. The Bertz CT molecular complexity index is 480. The first kappa shape index (κ1) is 11.9. The van der Waals surface area contributed by atoms with Gasteiger partial charge in [-0.25, -0.2) is 19.9 Å². The molecule has 2 aromatic rings. The first-order valence-electron chi connectivity index (χ1n) is 5.05. The van der Waals surface area contributed by atoms with Crippen LogP contribution in [-0.4, -0.2) is 27.0 Å². The molecule has 17 heavy (non-hydrogen) atoms. The predicted molar refractivity (Wildman–Crippen MR) is 66.0 cm³/mol. The van der Waals surface area contributed by atoms with Gasteiger partial charge in [0.25, 0.3) is 0 Å². The van der Waals surface area contributed by atoms with Gasteiger partial charge in [-0.15, -0.1) is 0 Å². The van der Waals surface area contributed by atoms with Gasteiger partial charge in [0.15, 0.2) is 0 Å². The molecule has 0 bridgehead atoms. The molecule has 0 fully saturated rings. The fourth-order valence-corrected chi connectivity index (χ4v) is 1.92. The van der Waals surface area contributed by atoms with E-state index in [0.717, 1.165) is 11.5 Å². The third kappa shape index (κ3) is 3.20. The second-order valence-electron chi connectivity index (χ2n) is 3.33. The average Bonchev–Trinajstić information content (AvgIpc) is 2.40. The van der Waals surface area contributed by atoms with E-state index in [1.807, 2.05) is 0 Å². The molecule has 0 aliphatic heterocycles. The largest absolute Gasteiger partial charge is 0.481 e. The number of hydrogen-bond donors (Lipinski definition) is 0. The lowest BCUT2D eigenvalue weighted by atomic mass is 10.2. The summed E-state index contributed by atoms with van der Waals surface area (Å²) in [5, 5.41) is 0. The third-order valence-electron chi connectivity index (χ3n) is 2.16. The molecule has 0 radical (unpaired) electrons. The zero-order valence-corrected chi connectivity index (χ0v) is 10.8. The second kappa shape index (κ2) is 5.67. The summed E-state index contributed by atoms with van der Waals surface area (Å²) in [5.74, 6) is 1.30. The van der Waals surface area contributed by atoms with Crippen LogP contribution in [0.1, 0.15) is 16.3 Å². The Labute approximate surface area is 107 Å². The van der Waals surface area contributed by atoms with Gasteiger partial charge in [0.1, 0.15) is 12.2 Å². The summed E-state index contributed by atoms with van der Waals surface area (Å²) >= 11 is 3.54. The normalized spacial score (nSPS) is 12.1. The number of halogens is 1. The number of ether oxygens (including phenoxy) is 1. The molecule has 6 heteroatoms. The van der Waals surface area contributed by atoms with Crippen molar-refractivity contribution in [2.45, 2.75) is 11.2 Å². The molecular weight excluding hydrogens is 284 g/mol. The number of nitrogens with zero attached hydrogens (tertiary/aromatic N) is 4. The lowest BCUT2D eigenvalue weighted by Gasteiger charge is -2.07. The van der Waals surface area contributed by atoms with E-state index < -0.39 is 0 Å². The van der Waals surface area contributed by atoms with Gasteiger partial charge in [-0.1, -0.05) is 15.9 Å². The molecule has 88 valence electrons. The highest BCUT2D eigenvalue weighted by atomic mass is 79.9. The van der Waals surface area contributed by atoms with Crippen molar-refractivity contribution in [3.8, 4) is 5.88 Å². The lowest BCUT2D eigenvalue weighted by molar-refractivity contribution is 0.396. The molecule has 0 aliphatic carbocycles. The SMILES string of the molecule is COc1cc(CC(Br)c2ncccn2)ncn1. The van der Waals surface area contributed by atoms with Gasteiger partial charge in [0.05, 0.1) is 11.9 Å². The minimum atomic E-state index is 0.0308. The highest BCUT2D eigenvalue weighted by Crippen LogP contribution is 2.23. The van der Waals surface area contributed by atoms with E-state index in [-0.39, 0.29) is 4.83 Å². The van der Waals surface area contributed by atoms with Crippen LogP contribution in [0, 0.1) is 0 Å². The zero-order valence-electron chi connectivity index (χ0n) is 9.25. The Morgan fingerprint density at radius 1 is 1.24 bits per heavy atom. The first-order valence-corrected chi connectivity index (χ1v) is 5.97. The molecule has 0 saturated heterocycles. The second-order valence-corrected chi connectivity index (χ2v) is 4.44. The maximum absolute atomic E-state index is 5.04. The zero-order chi connectivity index (χ0) is 12.1. The summed E-state index contributed by atoms with van der Waals surface area (Å²) in [6.07, 6.45) is 5.61. The van der Waals surface area contributed by atoms with Crippen LogP contribution in [0.25, 0.3) is 0 Å². The monoisotopic (exact) mass is 294 g/mol. The molecule has 0 aliphatic rings. The number of aromatic nitrogens is 4. The van der Waals surface area contributed by atoms with Crippen LogP contribution in [0.15, 0.2) is 30.9 Å². The number of alkyl halides is 1. The molecule has 1 unspecified atom stereocenters. The highest BCUT2D eigenvalue weighted by molar-refractivity contribution is 9.09. The molecule has 2 heterocycles. The van der Waals surface area contributed by atoms with Crippen molar-refractivity contribution in [3.63, 3.8) is 0 Å². The summed E-state index contributed by atoms with van der Waals surface area (Å²) in [5.41, 5.74) is 0.881. The molecule has 0 spiro atoms. The Morgan fingerprint density at radius 3 is 2.71 bits per heavy atom. The summed E-state index contributed by atoms with van der Waals surface area (Å²) in [7, 11) is 1.58. The van der Waals surface area contributed by atoms with E-state index in [9.17, 15) is 0 Å². The van der Waals surface area contributed by atoms with Crippen molar-refractivity contribution in [3.05, 3.63) is 42.4 Å². The summed E-state index contributed by atoms with van der Waals surface area (Å²) in [6.45, 7) is 0. The van der Waals surface area contributed by atoms with Crippen LogP contribution in [0.3, 0.4) is 0 Å². The van der Waals surface area contributed by atoms with Crippen molar-refractivity contribution >= 4 is 15.9 Å². The van der Waals surface area contributed by atoms with Crippen molar-refractivity contribution < 1.29 is 4.74 Å². The van der Waals surface area contributed by atoms with Crippen LogP contribution in [-0.2, 0) is 6.42 Å². The van der Waals surface area contributed by atoms with Crippen LogP contribution in [0.5, 0.6) is 5.88 Å². The van der Waals surface area contributed by atoms with Gasteiger partial charge < -0.3 is 4.74 Å². The van der Waals surface area contributed by atoms with Gasteiger partial charge in [-0.05, 0) is 6.07 Å². The van der Waals surface area contributed by atoms with Gasteiger partial charge in [-0.3, -0.25) is 0 Å². The third-order valence-corrected chi connectivity index (χ3v) is 2.90. The van der Waals surface area contributed by atoms with E-state index in [4.69, 9.17) is 4.74 Å². The predicted octanol–water partition coefficient (Wildman–Crippen LogP) is 1.95. The minimum Gasteiger partial charge on any atom is -0.481 e.